The van der Waals surface area contributed by atoms with E-state index in [9.17, 15) is 13.2 Å². The topological polar surface area (TPSA) is 69.7 Å². The average Bonchev–Trinajstić information content (AvgIpc) is 2.55. The fourth-order valence-corrected chi connectivity index (χ4v) is 4.87. The zero-order valence-corrected chi connectivity index (χ0v) is 17.0. The smallest absolute Gasteiger partial charge is 0.224 e. The summed E-state index contributed by atoms with van der Waals surface area (Å²) in [5.41, 5.74) is 0. The van der Waals surface area contributed by atoms with Crippen molar-refractivity contribution in [3.05, 3.63) is 0 Å². The van der Waals surface area contributed by atoms with Crippen LogP contribution in [0.1, 0.15) is 46.5 Å². The van der Waals surface area contributed by atoms with E-state index in [0.717, 1.165) is 31.8 Å². The number of hydrogen-bond acceptors (Lipinski definition) is 4. The summed E-state index contributed by atoms with van der Waals surface area (Å²) in [6, 6.07) is 0.353. The predicted molar refractivity (Wildman–Crippen MR) is 101 cm³/mol. The summed E-state index contributed by atoms with van der Waals surface area (Å²) >= 11 is 0. The van der Waals surface area contributed by atoms with Gasteiger partial charge >= 0.3 is 0 Å². The molecule has 2 atom stereocenters. The fraction of sp³-hybridized carbons (Fsp3) is 0.944. The van der Waals surface area contributed by atoms with Gasteiger partial charge < -0.3 is 5.32 Å². The Morgan fingerprint density at radius 2 is 1.80 bits per heavy atom. The lowest BCUT2D eigenvalue weighted by Crippen LogP contribution is -2.51. The van der Waals surface area contributed by atoms with Crippen LogP contribution >= 0.6 is 0 Å². The van der Waals surface area contributed by atoms with Gasteiger partial charge in [0.1, 0.15) is 0 Å². The molecule has 0 radical (unpaired) electrons. The first-order chi connectivity index (χ1) is 11.7. The summed E-state index contributed by atoms with van der Waals surface area (Å²) in [4.78, 5) is 15.1. The lowest BCUT2D eigenvalue weighted by molar-refractivity contribution is -0.126. The molecule has 0 spiro atoms. The molecule has 2 aliphatic heterocycles. The Kier molecular flexibility index (Phi) is 7.29. The lowest BCUT2D eigenvalue weighted by atomic mass is 9.94. The van der Waals surface area contributed by atoms with Gasteiger partial charge in [-0.25, -0.2) is 12.7 Å². The van der Waals surface area contributed by atoms with E-state index in [4.69, 9.17) is 0 Å². The van der Waals surface area contributed by atoms with Crippen molar-refractivity contribution in [1.29, 1.82) is 0 Å². The normalized spacial score (nSPS) is 25.9. The maximum Gasteiger partial charge on any atom is 0.224 e. The van der Waals surface area contributed by atoms with Gasteiger partial charge in [-0.3, -0.25) is 9.69 Å². The number of nitrogens with zero attached hydrogens (tertiary/aromatic N) is 2. The van der Waals surface area contributed by atoms with E-state index in [1.165, 1.54) is 23.4 Å². The first-order valence-electron chi connectivity index (χ1n) is 9.65. The first-order valence-corrected chi connectivity index (χ1v) is 11.5. The molecule has 0 saturated carbocycles. The van der Waals surface area contributed by atoms with E-state index in [0.29, 0.717) is 31.6 Å². The number of sulfonamides is 1. The minimum atomic E-state index is -3.21. The Bertz CT molecular complexity index is 542. The average molecular weight is 374 g/mol. The molecule has 2 saturated heterocycles. The Labute approximate surface area is 153 Å². The minimum Gasteiger partial charge on any atom is -0.354 e. The Balaban J connectivity index is 1.88. The van der Waals surface area contributed by atoms with Crippen LogP contribution in [0.15, 0.2) is 0 Å². The maximum absolute atomic E-state index is 12.6. The van der Waals surface area contributed by atoms with Crippen LogP contribution in [0.25, 0.3) is 0 Å². The van der Waals surface area contributed by atoms with Crippen LogP contribution in [-0.4, -0.2) is 68.6 Å². The van der Waals surface area contributed by atoms with Crippen molar-refractivity contribution in [2.75, 3.05) is 39.0 Å². The van der Waals surface area contributed by atoms with Gasteiger partial charge in [0.2, 0.25) is 15.9 Å². The van der Waals surface area contributed by atoms with Gasteiger partial charge in [0.05, 0.1) is 12.2 Å². The van der Waals surface area contributed by atoms with Crippen molar-refractivity contribution in [2.24, 2.45) is 17.8 Å². The number of piperidine rings is 2. The highest BCUT2D eigenvalue weighted by Gasteiger charge is 2.31. The van der Waals surface area contributed by atoms with Crippen LogP contribution in [0, 0.1) is 17.8 Å². The monoisotopic (exact) mass is 373 g/mol. The molecule has 0 aromatic carbocycles. The quantitative estimate of drug-likeness (QED) is 0.767. The Morgan fingerprint density at radius 1 is 1.16 bits per heavy atom. The summed E-state index contributed by atoms with van der Waals surface area (Å²) in [7, 11) is -3.21. The van der Waals surface area contributed by atoms with Crippen LogP contribution in [0.3, 0.4) is 0 Å². The van der Waals surface area contributed by atoms with E-state index in [1.807, 2.05) is 0 Å². The molecule has 0 bridgehead atoms. The molecule has 1 N–H and O–H groups in total. The van der Waals surface area contributed by atoms with Gasteiger partial charge in [-0.2, -0.15) is 0 Å². The second-order valence-electron chi connectivity index (χ2n) is 8.24. The summed E-state index contributed by atoms with van der Waals surface area (Å²) in [6.07, 6.45) is 5.19. The number of rotatable bonds is 6. The van der Waals surface area contributed by atoms with Crippen molar-refractivity contribution in [2.45, 2.75) is 52.5 Å². The zero-order valence-electron chi connectivity index (χ0n) is 16.2. The Morgan fingerprint density at radius 3 is 2.36 bits per heavy atom. The second-order valence-corrected chi connectivity index (χ2v) is 10.2. The summed E-state index contributed by atoms with van der Waals surface area (Å²) in [6.45, 7) is 10.4. The molecule has 146 valence electrons. The molecule has 0 aliphatic carbocycles. The van der Waals surface area contributed by atoms with Gasteiger partial charge in [0.15, 0.2) is 0 Å². The van der Waals surface area contributed by atoms with Gasteiger partial charge in [0.25, 0.3) is 0 Å². The van der Waals surface area contributed by atoms with Crippen molar-refractivity contribution >= 4 is 15.9 Å². The number of carbonyl (C=O) groups excluding carboxylic acids is 1. The highest BCUT2D eigenvalue weighted by Crippen LogP contribution is 2.22. The van der Waals surface area contributed by atoms with E-state index < -0.39 is 10.0 Å². The molecule has 1 amide bonds. The van der Waals surface area contributed by atoms with Gasteiger partial charge in [0, 0.05) is 25.7 Å². The standard InChI is InChI=1S/C18H35N3O3S/c1-14(2)17(20-10-7-15(3)8-11-20)12-19-18(22)16-6-5-9-21(13-16)25(4,23)24/h14-17H,5-13H2,1-4H3,(H,19,22)/t16-,17-/m1/s1. The number of amides is 1. The molecule has 0 aromatic heterocycles. The molecule has 2 aliphatic rings. The largest absolute Gasteiger partial charge is 0.354 e. The molecule has 6 nitrogen and oxygen atoms in total. The van der Waals surface area contributed by atoms with Crippen LogP contribution < -0.4 is 5.32 Å². The van der Waals surface area contributed by atoms with Crippen LogP contribution in [0.4, 0.5) is 0 Å². The third kappa shape index (κ3) is 5.93. The molecule has 2 heterocycles. The molecule has 0 unspecified atom stereocenters. The predicted octanol–water partition coefficient (Wildman–Crippen LogP) is 1.53. The second kappa shape index (κ2) is 8.82. The van der Waals surface area contributed by atoms with Crippen LogP contribution in [-0.2, 0) is 14.8 Å². The number of carbonyl (C=O) groups is 1. The molecule has 2 rings (SSSR count). The van der Waals surface area contributed by atoms with Crippen molar-refractivity contribution in [3.63, 3.8) is 0 Å². The van der Waals surface area contributed by atoms with E-state index in [-0.39, 0.29) is 11.8 Å². The van der Waals surface area contributed by atoms with Crippen LogP contribution in [0.2, 0.25) is 0 Å². The lowest BCUT2D eigenvalue weighted by Gasteiger charge is -2.39. The highest BCUT2D eigenvalue weighted by molar-refractivity contribution is 7.88. The third-order valence-corrected chi connectivity index (χ3v) is 7.04. The molecular weight excluding hydrogens is 338 g/mol. The van der Waals surface area contributed by atoms with Gasteiger partial charge in [-0.15, -0.1) is 0 Å². The SMILES string of the molecule is CC1CCN([C@H](CNC(=O)[C@@H]2CCCN(S(C)(=O)=O)C2)C(C)C)CC1. The highest BCUT2D eigenvalue weighted by atomic mass is 32.2. The molecule has 0 aromatic rings. The molecular formula is C18H35N3O3S. The van der Waals surface area contributed by atoms with Gasteiger partial charge in [-0.1, -0.05) is 20.8 Å². The molecule has 25 heavy (non-hydrogen) atoms. The summed E-state index contributed by atoms with van der Waals surface area (Å²) < 4.78 is 24.9. The summed E-state index contributed by atoms with van der Waals surface area (Å²) in [5, 5.41) is 3.11. The number of hydrogen-bond donors (Lipinski definition) is 1. The summed E-state index contributed by atoms with van der Waals surface area (Å²) in [5.74, 6) is 1.05. The van der Waals surface area contributed by atoms with E-state index in [2.05, 4.69) is 31.0 Å². The van der Waals surface area contributed by atoms with E-state index >= 15 is 0 Å². The number of likely N-dealkylation sites (tertiary alicyclic amines) is 1. The van der Waals surface area contributed by atoms with Crippen LogP contribution in [0.5, 0.6) is 0 Å². The van der Waals surface area contributed by atoms with Crippen molar-refractivity contribution in [1.82, 2.24) is 14.5 Å². The Hall–Kier alpha value is -0.660. The van der Waals surface area contributed by atoms with E-state index in [1.54, 1.807) is 0 Å². The fourth-order valence-electron chi connectivity index (χ4n) is 3.95. The van der Waals surface area contributed by atoms with Crippen molar-refractivity contribution < 1.29 is 13.2 Å². The third-order valence-electron chi connectivity index (χ3n) is 5.77. The minimum absolute atomic E-state index is 0.00405. The van der Waals surface area contributed by atoms with Crippen molar-refractivity contribution in [3.8, 4) is 0 Å². The molecule has 2 fully saturated rings. The maximum atomic E-state index is 12.6. The number of nitrogens with one attached hydrogen (secondary N) is 1. The zero-order chi connectivity index (χ0) is 18.6. The van der Waals surface area contributed by atoms with Gasteiger partial charge in [-0.05, 0) is 50.6 Å². The first kappa shape index (κ1) is 20.6. The molecule has 7 heteroatoms.